The van der Waals surface area contributed by atoms with Crippen molar-refractivity contribution in [2.75, 3.05) is 41.5 Å². The number of rotatable bonds is 8. The van der Waals surface area contributed by atoms with Gasteiger partial charge in [-0.2, -0.15) is 0 Å². The first-order valence-electron chi connectivity index (χ1n) is 9.93. The average molecular weight is 415 g/mol. The molecule has 0 amide bonds. The third kappa shape index (κ3) is 4.31. The molecule has 2 atom stereocenters. The fraction of sp³-hybridized carbons (Fsp3) is 0.435. The largest absolute Gasteiger partial charge is 0.497 e. The van der Waals surface area contributed by atoms with E-state index in [2.05, 4.69) is 4.90 Å². The third-order valence-electron chi connectivity index (χ3n) is 5.64. The normalized spacial score (nSPS) is 17.8. The highest BCUT2D eigenvalue weighted by molar-refractivity contribution is 5.70. The van der Waals surface area contributed by atoms with E-state index in [0.29, 0.717) is 36.0 Å². The minimum absolute atomic E-state index is 0.330. The monoisotopic (exact) mass is 415 g/mol. The van der Waals surface area contributed by atoms with Crippen LogP contribution in [0.4, 0.5) is 0 Å². The van der Waals surface area contributed by atoms with Gasteiger partial charge in [0.25, 0.3) is 0 Å². The first-order chi connectivity index (χ1) is 14.5. The SMILES string of the molecule is COc1ccc(OC)c(C(c2c(OC)cccc2OC)N2CCCC(C(=O)O)C2)c1. The molecule has 3 rings (SSSR count). The molecule has 1 fully saturated rings. The van der Waals surface area contributed by atoms with E-state index < -0.39 is 11.9 Å². The number of piperidine rings is 1. The summed E-state index contributed by atoms with van der Waals surface area (Å²) in [4.78, 5) is 13.9. The lowest BCUT2D eigenvalue weighted by molar-refractivity contribution is -0.143. The van der Waals surface area contributed by atoms with Crippen LogP contribution in [0.2, 0.25) is 0 Å². The highest BCUT2D eigenvalue weighted by atomic mass is 16.5. The minimum Gasteiger partial charge on any atom is -0.497 e. The Labute approximate surface area is 177 Å². The molecule has 1 heterocycles. The van der Waals surface area contributed by atoms with Crippen molar-refractivity contribution in [1.82, 2.24) is 4.90 Å². The van der Waals surface area contributed by atoms with Crippen molar-refractivity contribution < 1.29 is 28.8 Å². The van der Waals surface area contributed by atoms with Gasteiger partial charge >= 0.3 is 5.97 Å². The van der Waals surface area contributed by atoms with Crippen LogP contribution in [0.15, 0.2) is 36.4 Å². The summed E-state index contributed by atoms with van der Waals surface area (Å²) in [5, 5.41) is 9.64. The van der Waals surface area contributed by atoms with E-state index in [1.807, 2.05) is 36.4 Å². The van der Waals surface area contributed by atoms with E-state index in [0.717, 1.165) is 24.1 Å². The first kappa shape index (κ1) is 21.8. The van der Waals surface area contributed by atoms with E-state index in [1.54, 1.807) is 28.4 Å². The number of carboxylic acids is 1. The van der Waals surface area contributed by atoms with Crippen LogP contribution >= 0.6 is 0 Å². The van der Waals surface area contributed by atoms with Crippen molar-refractivity contribution in [3.63, 3.8) is 0 Å². The van der Waals surface area contributed by atoms with Gasteiger partial charge in [0.05, 0.1) is 46.0 Å². The zero-order chi connectivity index (χ0) is 21.7. The second kappa shape index (κ2) is 9.71. The summed E-state index contributed by atoms with van der Waals surface area (Å²) in [6.45, 7) is 1.16. The smallest absolute Gasteiger partial charge is 0.307 e. The average Bonchev–Trinajstić information content (AvgIpc) is 2.79. The number of hydrogen-bond donors (Lipinski definition) is 1. The molecule has 0 spiro atoms. The maximum Gasteiger partial charge on any atom is 0.307 e. The number of likely N-dealkylation sites (tertiary alicyclic amines) is 1. The standard InChI is InChI=1S/C23H29NO6/c1-27-16-10-11-18(28-2)17(13-16)22(24-12-6-7-15(14-24)23(25)26)21-19(29-3)8-5-9-20(21)30-4/h5,8-11,13,15,22H,6-7,12,14H2,1-4H3,(H,25,26). The van der Waals surface area contributed by atoms with Crippen LogP contribution in [0.5, 0.6) is 23.0 Å². The summed E-state index contributed by atoms with van der Waals surface area (Å²) >= 11 is 0. The summed E-state index contributed by atoms with van der Waals surface area (Å²) in [6, 6.07) is 10.9. The van der Waals surface area contributed by atoms with E-state index in [1.165, 1.54) is 0 Å². The number of hydrogen-bond acceptors (Lipinski definition) is 6. The van der Waals surface area contributed by atoms with Crippen LogP contribution in [-0.2, 0) is 4.79 Å². The van der Waals surface area contributed by atoms with Crippen LogP contribution in [0, 0.1) is 5.92 Å². The van der Waals surface area contributed by atoms with E-state index in [9.17, 15) is 9.90 Å². The number of ether oxygens (including phenoxy) is 4. The molecule has 1 aliphatic heterocycles. The Hall–Kier alpha value is -2.93. The van der Waals surface area contributed by atoms with Gasteiger partial charge < -0.3 is 24.1 Å². The molecule has 2 unspecified atom stereocenters. The molecule has 1 N–H and O–H groups in total. The molecule has 2 aromatic carbocycles. The molecule has 162 valence electrons. The molecule has 7 nitrogen and oxygen atoms in total. The van der Waals surface area contributed by atoms with Crippen molar-refractivity contribution in [3.8, 4) is 23.0 Å². The van der Waals surface area contributed by atoms with Crippen LogP contribution in [0.3, 0.4) is 0 Å². The fourth-order valence-corrected chi connectivity index (χ4v) is 4.18. The zero-order valence-corrected chi connectivity index (χ0v) is 17.9. The van der Waals surface area contributed by atoms with Gasteiger partial charge in [-0.05, 0) is 49.7 Å². The Morgan fingerprint density at radius 1 is 1.00 bits per heavy atom. The number of carboxylic acid groups (broad SMARTS) is 1. The molecule has 0 aromatic heterocycles. The molecule has 2 aromatic rings. The fourth-order valence-electron chi connectivity index (χ4n) is 4.18. The molecule has 1 saturated heterocycles. The van der Waals surface area contributed by atoms with Gasteiger partial charge in [-0.3, -0.25) is 9.69 Å². The Morgan fingerprint density at radius 3 is 2.23 bits per heavy atom. The van der Waals surface area contributed by atoms with Crippen molar-refractivity contribution in [1.29, 1.82) is 0 Å². The van der Waals surface area contributed by atoms with Gasteiger partial charge in [0, 0.05) is 12.1 Å². The van der Waals surface area contributed by atoms with Gasteiger partial charge in [0.1, 0.15) is 23.0 Å². The minimum atomic E-state index is -0.775. The predicted octanol–water partition coefficient (Wildman–Crippen LogP) is 3.61. The van der Waals surface area contributed by atoms with Gasteiger partial charge in [0.15, 0.2) is 0 Å². The zero-order valence-electron chi connectivity index (χ0n) is 17.9. The summed E-state index contributed by atoms with van der Waals surface area (Å²) in [5.74, 6) is 1.51. The van der Waals surface area contributed by atoms with Gasteiger partial charge in [-0.15, -0.1) is 0 Å². The van der Waals surface area contributed by atoms with Crippen LogP contribution in [-0.4, -0.2) is 57.5 Å². The second-order valence-electron chi connectivity index (χ2n) is 7.26. The molecule has 1 aliphatic rings. The molecule has 30 heavy (non-hydrogen) atoms. The van der Waals surface area contributed by atoms with Crippen molar-refractivity contribution in [3.05, 3.63) is 47.5 Å². The third-order valence-corrected chi connectivity index (χ3v) is 5.64. The lowest BCUT2D eigenvalue weighted by Gasteiger charge is -2.39. The molecular weight excluding hydrogens is 386 g/mol. The molecule has 0 bridgehead atoms. The van der Waals surface area contributed by atoms with Gasteiger partial charge in [0.2, 0.25) is 0 Å². The summed E-state index contributed by atoms with van der Waals surface area (Å²) in [6.07, 6.45) is 1.45. The van der Waals surface area contributed by atoms with E-state index in [4.69, 9.17) is 18.9 Å². The quantitative estimate of drug-likeness (QED) is 0.706. The van der Waals surface area contributed by atoms with Crippen molar-refractivity contribution >= 4 is 5.97 Å². The molecule has 7 heteroatoms. The number of aliphatic carboxylic acids is 1. The number of methoxy groups -OCH3 is 4. The highest BCUT2D eigenvalue weighted by Crippen LogP contribution is 2.45. The Balaban J connectivity index is 2.22. The topological polar surface area (TPSA) is 77.5 Å². The lowest BCUT2D eigenvalue weighted by Crippen LogP contribution is -2.41. The number of carbonyl (C=O) groups is 1. The summed E-state index contributed by atoms with van der Waals surface area (Å²) < 4.78 is 22.5. The van der Waals surface area contributed by atoms with E-state index in [-0.39, 0.29) is 6.04 Å². The molecule has 0 radical (unpaired) electrons. The second-order valence-corrected chi connectivity index (χ2v) is 7.26. The van der Waals surface area contributed by atoms with Gasteiger partial charge in [-0.25, -0.2) is 0 Å². The summed E-state index contributed by atoms with van der Waals surface area (Å²) in [7, 11) is 6.48. The molecule has 0 aliphatic carbocycles. The van der Waals surface area contributed by atoms with Crippen LogP contribution in [0.1, 0.15) is 30.0 Å². The molecule has 0 saturated carbocycles. The first-order valence-corrected chi connectivity index (χ1v) is 9.93. The highest BCUT2D eigenvalue weighted by Gasteiger charge is 2.35. The Morgan fingerprint density at radius 2 is 1.67 bits per heavy atom. The molecular formula is C23H29NO6. The van der Waals surface area contributed by atoms with Gasteiger partial charge in [-0.1, -0.05) is 6.07 Å². The van der Waals surface area contributed by atoms with Crippen molar-refractivity contribution in [2.24, 2.45) is 5.92 Å². The van der Waals surface area contributed by atoms with E-state index >= 15 is 0 Å². The Bertz CT molecular complexity index is 862. The van der Waals surface area contributed by atoms with Crippen molar-refractivity contribution in [2.45, 2.75) is 18.9 Å². The number of benzene rings is 2. The number of nitrogens with zero attached hydrogens (tertiary/aromatic N) is 1. The van der Waals surface area contributed by atoms with Crippen LogP contribution in [0.25, 0.3) is 0 Å². The van der Waals surface area contributed by atoms with Crippen LogP contribution < -0.4 is 18.9 Å². The predicted molar refractivity (Wildman–Crippen MR) is 113 cm³/mol. The maximum atomic E-state index is 11.7. The maximum absolute atomic E-state index is 11.7. The Kier molecular flexibility index (Phi) is 7.05. The lowest BCUT2D eigenvalue weighted by atomic mass is 9.90. The summed E-state index contributed by atoms with van der Waals surface area (Å²) in [5.41, 5.74) is 1.70.